The maximum atomic E-state index is 12.2. The van der Waals surface area contributed by atoms with Crippen LogP contribution in [0.3, 0.4) is 0 Å². The molecule has 1 aliphatic rings. The Labute approximate surface area is 232 Å². The lowest BCUT2D eigenvalue weighted by Crippen LogP contribution is -2.12. The highest BCUT2D eigenvalue weighted by atomic mass is 16.5. The number of primary amides is 1. The van der Waals surface area contributed by atoms with Crippen molar-refractivity contribution in [3.05, 3.63) is 47.5 Å². The lowest BCUT2D eigenvalue weighted by atomic mass is 10.1. The number of methoxy groups -OCH3 is 1. The number of nitrogen functional groups attached to an aromatic ring is 2. The Morgan fingerprint density at radius 1 is 0.800 bits per heavy atom. The van der Waals surface area contributed by atoms with Crippen LogP contribution in [0.4, 0.5) is 11.9 Å². The molecule has 0 saturated heterocycles. The average Bonchev–Trinajstić information content (AvgIpc) is 3.46. The van der Waals surface area contributed by atoms with Crippen LogP contribution in [0.15, 0.2) is 36.4 Å². The first-order valence-electron chi connectivity index (χ1n) is 13.3. The fourth-order valence-electron chi connectivity index (χ4n) is 4.25. The number of carbonyl (C=O) groups excluding carboxylic acids is 2. The molecule has 214 valence electrons. The van der Waals surface area contributed by atoms with Crippen molar-refractivity contribution in [2.75, 3.05) is 31.8 Å². The van der Waals surface area contributed by atoms with E-state index < -0.39 is 11.9 Å². The van der Waals surface area contributed by atoms with Crippen molar-refractivity contribution in [1.29, 1.82) is 0 Å². The minimum absolute atomic E-state index is 0.274. The van der Waals surface area contributed by atoms with Gasteiger partial charge in [-0.2, -0.15) is 0 Å². The molecule has 0 aliphatic carbocycles. The van der Waals surface area contributed by atoms with Crippen LogP contribution in [-0.2, 0) is 17.8 Å². The number of benzene rings is 2. The van der Waals surface area contributed by atoms with Gasteiger partial charge in [0.15, 0.2) is 0 Å². The Morgan fingerprint density at radius 2 is 1.25 bits per heavy atom. The molecule has 0 bridgehead atoms. The Bertz CT molecular complexity index is 1540. The highest BCUT2D eigenvalue weighted by molar-refractivity contribution is 5.99. The van der Waals surface area contributed by atoms with Crippen molar-refractivity contribution in [1.82, 2.24) is 19.1 Å². The predicted octanol–water partition coefficient (Wildman–Crippen LogP) is 3.91. The SMILES string of the molecule is CC.CC.COC(=O)c1cc2c3c(c1)nc(N)n3C/C=C/Cn1c(N)nc3cc(C(N)=O)cc(c31)OCCCO2. The summed E-state index contributed by atoms with van der Waals surface area (Å²) in [7, 11) is 1.31. The third-order valence-electron chi connectivity index (χ3n) is 5.92. The number of aromatic nitrogens is 4. The van der Waals surface area contributed by atoms with Crippen LogP contribution < -0.4 is 26.7 Å². The van der Waals surface area contributed by atoms with Gasteiger partial charge in [-0.15, -0.1) is 0 Å². The third kappa shape index (κ3) is 5.95. The van der Waals surface area contributed by atoms with E-state index in [1.807, 2.05) is 39.8 Å². The first-order chi connectivity index (χ1) is 19.4. The molecule has 0 spiro atoms. The van der Waals surface area contributed by atoms with Gasteiger partial charge in [-0.25, -0.2) is 14.8 Å². The lowest BCUT2D eigenvalue weighted by molar-refractivity contribution is 0.0600. The van der Waals surface area contributed by atoms with Gasteiger partial charge < -0.3 is 40.5 Å². The number of imidazole rings is 2. The van der Waals surface area contributed by atoms with Gasteiger partial charge in [0.2, 0.25) is 17.8 Å². The second-order valence-corrected chi connectivity index (χ2v) is 8.22. The number of esters is 1. The number of hydrogen-bond acceptors (Lipinski definition) is 9. The van der Waals surface area contributed by atoms with E-state index in [0.717, 1.165) is 0 Å². The Balaban J connectivity index is 0.00000106. The Hall–Kier alpha value is -4.74. The monoisotopic (exact) mass is 551 g/mol. The number of nitrogens with zero attached hydrogens (tertiary/aromatic N) is 4. The van der Waals surface area contributed by atoms with Gasteiger partial charge in [0, 0.05) is 25.1 Å². The fraction of sp³-hybridized carbons (Fsp3) is 0.357. The topological polar surface area (TPSA) is 176 Å². The highest BCUT2D eigenvalue weighted by Gasteiger charge is 2.19. The molecule has 0 saturated carbocycles. The van der Waals surface area contributed by atoms with Crippen LogP contribution in [0, 0.1) is 0 Å². The zero-order valence-corrected chi connectivity index (χ0v) is 23.6. The van der Waals surface area contributed by atoms with Gasteiger partial charge in [-0.05, 0) is 24.3 Å². The molecular formula is C28H37N7O5. The summed E-state index contributed by atoms with van der Waals surface area (Å²) in [6, 6.07) is 6.42. The number of amides is 1. The van der Waals surface area contributed by atoms with Crippen LogP contribution in [0.1, 0.15) is 54.8 Å². The molecule has 3 heterocycles. The zero-order chi connectivity index (χ0) is 29.4. The first kappa shape index (κ1) is 29.8. The summed E-state index contributed by atoms with van der Waals surface area (Å²) in [5.41, 5.74) is 20.8. The molecule has 2 aromatic heterocycles. The van der Waals surface area contributed by atoms with Crippen LogP contribution in [0.5, 0.6) is 11.5 Å². The van der Waals surface area contributed by atoms with Crippen molar-refractivity contribution in [3.8, 4) is 11.5 Å². The molecular weight excluding hydrogens is 514 g/mol. The van der Waals surface area contributed by atoms with E-state index in [-0.39, 0.29) is 30.7 Å². The van der Waals surface area contributed by atoms with E-state index in [2.05, 4.69) is 9.97 Å². The molecule has 0 atom stereocenters. The predicted molar refractivity (Wildman–Crippen MR) is 156 cm³/mol. The summed E-state index contributed by atoms with van der Waals surface area (Å²) < 4.78 is 20.5. The van der Waals surface area contributed by atoms with Gasteiger partial charge in [0.05, 0.1) is 36.9 Å². The summed E-state index contributed by atoms with van der Waals surface area (Å²) in [5, 5.41) is 0. The van der Waals surface area contributed by atoms with E-state index in [1.165, 1.54) is 7.11 Å². The van der Waals surface area contributed by atoms with Crippen molar-refractivity contribution in [2.45, 2.75) is 47.2 Å². The minimum Gasteiger partial charge on any atom is -0.491 e. The average molecular weight is 552 g/mol. The molecule has 12 heteroatoms. The van der Waals surface area contributed by atoms with Crippen LogP contribution in [0.25, 0.3) is 22.1 Å². The molecule has 5 rings (SSSR count). The number of ether oxygens (including phenoxy) is 3. The first-order valence-corrected chi connectivity index (χ1v) is 13.3. The van der Waals surface area contributed by atoms with Crippen molar-refractivity contribution in [3.63, 3.8) is 0 Å². The Morgan fingerprint density at radius 3 is 1.70 bits per heavy atom. The second kappa shape index (κ2) is 13.4. The standard InChI is InChI=1S/C24H25N7O5.2C2H6/c1-34-22(33)14-10-16-20-18(12-14)36-8-4-7-35-17-11-13(21(25)32)9-15-19(17)30(23(26)28-15)5-2-3-6-31(20)24(27)29-16;2*1-2/h2-3,9-12H,4-8H2,1H3,(H2,25,32)(H2,26,28)(H2,27,29);2*1-2H3/b3-2+;;. The molecule has 40 heavy (non-hydrogen) atoms. The number of hydrogen-bond donors (Lipinski definition) is 3. The number of nitrogens with two attached hydrogens (primary N) is 3. The molecule has 1 amide bonds. The zero-order valence-electron chi connectivity index (χ0n) is 23.6. The second-order valence-electron chi connectivity index (χ2n) is 8.22. The normalized spacial score (nSPS) is 13.7. The summed E-state index contributed by atoms with van der Waals surface area (Å²) in [6.07, 6.45) is 4.33. The van der Waals surface area contributed by atoms with Gasteiger partial charge in [-0.3, -0.25) is 4.79 Å². The van der Waals surface area contributed by atoms with Crippen LogP contribution >= 0.6 is 0 Å². The van der Waals surface area contributed by atoms with Crippen molar-refractivity contribution < 1.29 is 23.8 Å². The smallest absolute Gasteiger partial charge is 0.338 e. The highest BCUT2D eigenvalue weighted by Crippen LogP contribution is 2.32. The van der Waals surface area contributed by atoms with E-state index in [1.54, 1.807) is 33.4 Å². The van der Waals surface area contributed by atoms with Crippen LogP contribution in [-0.4, -0.2) is 51.3 Å². The maximum Gasteiger partial charge on any atom is 0.338 e. The quantitative estimate of drug-likeness (QED) is 0.246. The van der Waals surface area contributed by atoms with E-state index in [0.29, 0.717) is 58.6 Å². The number of carbonyl (C=O) groups is 2. The van der Waals surface area contributed by atoms with Crippen molar-refractivity contribution in [2.24, 2.45) is 5.73 Å². The number of anilines is 2. The van der Waals surface area contributed by atoms with Gasteiger partial charge in [0.25, 0.3) is 0 Å². The number of allylic oxidation sites excluding steroid dienone is 2. The van der Waals surface area contributed by atoms with E-state index in [9.17, 15) is 9.59 Å². The Kier molecular flexibility index (Phi) is 9.96. The summed E-state index contributed by atoms with van der Waals surface area (Å²) in [6.45, 7) is 9.36. The minimum atomic E-state index is -0.591. The largest absolute Gasteiger partial charge is 0.491 e. The van der Waals surface area contributed by atoms with Crippen molar-refractivity contribution >= 4 is 45.8 Å². The van der Waals surface area contributed by atoms with Gasteiger partial charge >= 0.3 is 5.97 Å². The molecule has 6 N–H and O–H groups in total. The molecule has 0 unspecified atom stereocenters. The molecule has 2 aromatic carbocycles. The van der Waals surface area contributed by atoms with Gasteiger partial charge in [-0.1, -0.05) is 39.8 Å². The molecule has 4 aromatic rings. The number of rotatable bonds is 2. The van der Waals surface area contributed by atoms with Gasteiger partial charge in [0.1, 0.15) is 22.5 Å². The summed E-state index contributed by atoms with van der Waals surface area (Å²) >= 11 is 0. The lowest BCUT2D eigenvalue weighted by Gasteiger charge is -2.13. The third-order valence-corrected chi connectivity index (χ3v) is 5.92. The molecule has 12 nitrogen and oxygen atoms in total. The maximum absolute atomic E-state index is 12.2. The van der Waals surface area contributed by atoms with E-state index in [4.69, 9.17) is 31.4 Å². The molecule has 1 aliphatic heterocycles. The fourth-order valence-corrected chi connectivity index (χ4v) is 4.25. The molecule has 0 fully saturated rings. The summed E-state index contributed by atoms with van der Waals surface area (Å²) in [4.78, 5) is 32.8. The molecule has 0 radical (unpaired) electrons. The van der Waals surface area contributed by atoms with Crippen LogP contribution in [0.2, 0.25) is 0 Å². The van der Waals surface area contributed by atoms with E-state index >= 15 is 0 Å². The summed E-state index contributed by atoms with van der Waals surface area (Å²) in [5.74, 6) is 0.367.